The van der Waals surface area contributed by atoms with Crippen molar-refractivity contribution in [2.75, 3.05) is 29.9 Å². The van der Waals surface area contributed by atoms with E-state index in [0.29, 0.717) is 0 Å². The number of hydrogen-bond donors (Lipinski definition) is 1. The van der Waals surface area contributed by atoms with Gasteiger partial charge in [0.1, 0.15) is 0 Å². The van der Waals surface area contributed by atoms with Gasteiger partial charge in [-0.2, -0.15) is 5.26 Å². The molecule has 0 aliphatic heterocycles. The molecule has 0 amide bonds. The third-order valence-corrected chi connectivity index (χ3v) is 2.57. The first-order valence-corrected chi connectivity index (χ1v) is 6.04. The molecule has 0 saturated carbocycles. The minimum absolute atomic E-state index is 0.0257. The van der Waals surface area contributed by atoms with Crippen LogP contribution in [0, 0.1) is 17.2 Å². The van der Waals surface area contributed by atoms with Crippen molar-refractivity contribution in [3.8, 4) is 6.07 Å². The van der Waals surface area contributed by atoms with Crippen LogP contribution in [0.2, 0.25) is 0 Å². The molecule has 0 spiro atoms. The van der Waals surface area contributed by atoms with E-state index >= 15 is 0 Å². The Labute approximate surface area is 103 Å². The zero-order valence-corrected chi connectivity index (χ0v) is 10.8. The number of nitriles is 1. The number of rotatable bonds is 6. The van der Waals surface area contributed by atoms with E-state index in [4.69, 9.17) is 5.26 Å². The van der Waals surface area contributed by atoms with Crippen molar-refractivity contribution in [3.63, 3.8) is 0 Å². The molecule has 1 rings (SSSR count). The van der Waals surface area contributed by atoms with Crippen LogP contribution in [0.3, 0.4) is 0 Å². The zero-order valence-electron chi connectivity index (χ0n) is 10.8. The lowest BCUT2D eigenvalue weighted by atomic mass is 10.2. The minimum Gasteiger partial charge on any atom is -0.384 e. The van der Waals surface area contributed by atoms with Crippen LogP contribution in [0.5, 0.6) is 0 Å². The van der Waals surface area contributed by atoms with Crippen LogP contribution < -0.4 is 10.2 Å². The molecule has 4 heteroatoms. The molecule has 1 aromatic heterocycles. The summed E-state index contributed by atoms with van der Waals surface area (Å²) in [4.78, 5) is 6.39. The molecular formula is C13H20N4. The quantitative estimate of drug-likeness (QED) is 0.818. The Kier molecular flexibility index (Phi) is 5.28. The third-order valence-electron chi connectivity index (χ3n) is 2.57. The lowest BCUT2D eigenvalue weighted by Crippen LogP contribution is -2.27. The van der Waals surface area contributed by atoms with Crippen molar-refractivity contribution in [2.45, 2.75) is 20.8 Å². The highest BCUT2D eigenvalue weighted by molar-refractivity contribution is 5.55. The van der Waals surface area contributed by atoms with Gasteiger partial charge in [0.15, 0.2) is 0 Å². The van der Waals surface area contributed by atoms with Crippen molar-refractivity contribution < 1.29 is 0 Å². The lowest BCUT2D eigenvalue weighted by molar-refractivity contribution is 0.685. The zero-order chi connectivity index (χ0) is 12.7. The molecule has 0 bridgehead atoms. The maximum atomic E-state index is 8.86. The molecule has 1 atom stereocenters. The van der Waals surface area contributed by atoms with Crippen molar-refractivity contribution in [1.82, 2.24) is 4.98 Å². The standard InChI is InChI=1S/C13H20N4/c1-4-16-12-6-13(9-15-8-12)17(5-2)10-11(3)7-14/h6,8-9,11,16H,4-5,10H2,1-3H3. The number of anilines is 2. The molecule has 4 nitrogen and oxygen atoms in total. The van der Waals surface area contributed by atoms with Gasteiger partial charge in [0.05, 0.1) is 35.8 Å². The Morgan fingerprint density at radius 2 is 2.24 bits per heavy atom. The Balaban J connectivity index is 2.81. The van der Waals surface area contributed by atoms with E-state index in [0.717, 1.165) is 31.0 Å². The van der Waals surface area contributed by atoms with Crippen LogP contribution >= 0.6 is 0 Å². The highest BCUT2D eigenvalue weighted by Crippen LogP contribution is 2.18. The van der Waals surface area contributed by atoms with Gasteiger partial charge in [0.25, 0.3) is 0 Å². The fraction of sp³-hybridized carbons (Fsp3) is 0.538. The van der Waals surface area contributed by atoms with Gasteiger partial charge in [-0.25, -0.2) is 0 Å². The molecule has 0 radical (unpaired) electrons. The highest BCUT2D eigenvalue weighted by atomic mass is 15.1. The fourth-order valence-corrected chi connectivity index (χ4v) is 1.69. The van der Waals surface area contributed by atoms with Gasteiger partial charge in [-0.1, -0.05) is 0 Å². The number of aromatic nitrogens is 1. The monoisotopic (exact) mass is 232 g/mol. The highest BCUT2D eigenvalue weighted by Gasteiger charge is 2.09. The molecule has 0 aliphatic rings. The van der Waals surface area contributed by atoms with Crippen LogP contribution in [0.25, 0.3) is 0 Å². The number of pyridine rings is 1. The molecule has 1 N–H and O–H groups in total. The van der Waals surface area contributed by atoms with Crippen molar-refractivity contribution in [1.29, 1.82) is 5.26 Å². The SMILES string of the molecule is CCNc1cncc(N(CC)CC(C)C#N)c1. The van der Waals surface area contributed by atoms with Crippen LogP contribution in [0.4, 0.5) is 11.4 Å². The van der Waals surface area contributed by atoms with E-state index in [2.05, 4.69) is 41.2 Å². The summed E-state index contributed by atoms with van der Waals surface area (Å²) >= 11 is 0. The average Bonchev–Trinajstić information content (AvgIpc) is 2.36. The van der Waals surface area contributed by atoms with E-state index in [-0.39, 0.29) is 5.92 Å². The molecule has 1 heterocycles. The lowest BCUT2D eigenvalue weighted by Gasteiger charge is -2.24. The number of hydrogen-bond acceptors (Lipinski definition) is 4. The van der Waals surface area contributed by atoms with Gasteiger partial charge >= 0.3 is 0 Å². The molecule has 17 heavy (non-hydrogen) atoms. The van der Waals surface area contributed by atoms with E-state index in [1.54, 1.807) is 0 Å². The van der Waals surface area contributed by atoms with Gasteiger partial charge in [0, 0.05) is 19.6 Å². The Hall–Kier alpha value is -1.76. The van der Waals surface area contributed by atoms with E-state index in [1.807, 2.05) is 19.3 Å². The Morgan fingerprint density at radius 3 is 2.82 bits per heavy atom. The summed E-state index contributed by atoms with van der Waals surface area (Å²) in [5, 5.41) is 12.1. The predicted molar refractivity (Wildman–Crippen MR) is 71.1 cm³/mol. The smallest absolute Gasteiger partial charge is 0.0671 e. The van der Waals surface area contributed by atoms with Gasteiger partial charge in [-0.05, 0) is 26.8 Å². The number of nitrogens with one attached hydrogen (secondary N) is 1. The normalized spacial score (nSPS) is 11.6. The molecule has 1 unspecified atom stereocenters. The maximum absolute atomic E-state index is 8.86. The summed E-state index contributed by atoms with van der Waals surface area (Å²) in [5.74, 6) is 0.0257. The van der Waals surface area contributed by atoms with Gasteiger partial charge < -0.3 is 10.2 Å². The second-order valence-electron chi connectivity index (χ2n) is 4.03. The van der Waals surface area contributed by atoms with Crippen LogP contribution in [0.15, 0.2) is 18.5 Å². The van der Waals surface area contributed by atoms with Crippen molar-refractivity contribution in [3.05, 3.63) is 18.5 Å². The van der Waals surface area contributed by atoms with E-state index in [9.17, 15) is 0 Å². The minimum atomic E-state index is 0.0257. The van der Waals surface area contributed by atoms with Crippen LogP contribution in [-0.4, -0.2) is 24.6 Å². The topological polar surface area (TPSA) is 52.0 Å². The van der Waals surface area contributed by atoms with Crippen LogP contribution in [0.1, 0.15) is 20.8 Å². The van der Waals surface area contributed by atoms with Gasteiger partial charge in [0.2, 0.25) is 0 Å². The number of nitrogens with zero attached hydrogens (tertiary/aromatic N) is 3. The van der Waals surface area contributed by atoms with E-state index < -0.39 is 0 Å². The molecule has 0 aromatic carbocycles. The summed E-state index contributed by atoms with van der Waals surface area (Å²) in [6, 6.07) is 4.34. The largest absolute Gasteiger partial charge is 0.384 e. The molecule has 0 aliphatic carbocycles. The summed E-state index contributed by atoms with van der Waals surface area (Å²) in [6.45, 7) is 8.58. The maximum Gasteiger partial charge on any atom is 0.0671 e. The first-order chi connectivity index (χ1) is 8.21. The molecule has 0 saturated heterocycles. The molecule has 92 valence electrons. The van der Waals surface area contributed by atoms with E-state index in [1.165, 1.54) is 0 Å². The second kappa shape index (κ2) is 6.74. The van der Waals surface area contributed by atoms with Crippen molar-refractivity contribution in [2.24, 2.45) is 5.92 Å². The Morgan fingerprint density at radius 1 is 1.47 bits per heavy atom. The van der Waals surface area contributed by atoms with Gasteiger partial charge in [-0.3, -0.25) is 4.98 Å². The average molecular weight is 232 g/mol. The third kappa shape index (κ3) is 3.95. The summed E-state index contributed by atoms with van der Waals surface area (Å²) in [6.07, 6.45) is 3.66. The Bertz CT molecular complexity index is 383. The summed E-state index contributed by atoms with van der Waals surface area (Å²) < 4.78 is 0. The van der Waals surface area contributed by atoms with Crippen LogP contribution in [-0.2, 0) is 0 Å². The molecule has 0 fully saturated rings. The fourth-order valence-electron chi connectivity index (χ4n) is 1.69. The first kappa shape index (κ1) is 13.3. The predicted octanol–water partition coefficient (Wildman–Crippen LogP) is 2.50. The van der Waals surface area contributed by atoms with Gasteiger partial charge in [-0.15, -0.1) is 0 Å². The summed E-state index contributed by atoms with van der Waals surface area (Å²) in [7, 11) is 0. The first-order valence-electron chi connectivity index (χ1n) is 6.04. The molecule has 1 aromatic rings. The molecular weight excluding hydrogens is 212 g/mol. The van der Waals surface area contributed by atoms with Crippen molar-refractivity contribution >= 4 is 11.4 Å². The summed E-state index contributed by atoms with van der Waals surface area (Å²) in [5.41, 5.74) is 2.08. The second-order valence-corrected chi connectivity index (χ2v) is 4.03.